The van der Waals surface area contributed by atoms with E-state index in [0.29, 0.717) is 44.6 Å². The Morgan fingerprint density at radius 2 is 0.863 bits per heavy atom. The molecule has 2 aromatic carbocycles. The second kappa shape index (κ2) is 28.4. The third-order valence-electron chi connectivity index (χ3n) is 14.7. The van der Waals surface area contributed by atoms with Gasteiger partial charge >= 0.3 is 18.2 Å². The van der Waals surface area contributed by atoms with Crippen LogP contribution in [0.5, 0.6) is 0 Å². The molecule has 0 spiro atoms. The number of esters is 1. The Bertz CT molecular complexity index is 1860. The fourth-order valence-electron chi connectivity index (χ4n) is 11.2. The monoisotopic (exact) mass is 1020 g/mol. The summed E-state index contributed by atoms with van der Waals surface area (Å²) in [5.41, 5.74) is 1.09. The SMILES string of the molecule is COC(=O)C(C)(C)N[C@H]1CC[C@H](OCCOC2C[C@@H](C)N(C(=O)OC(C)(C)C)[C@@H](C)C2)CC1.C[C@@H]1CC(OCCO[C@H]2CC[C@H](N(Cc3ccccc3)Cc3ccccc3)CC2)C[C@H](C)N1C(=O)OC(C)(C)C. The lowest BCUT2D eigenvalue weighted by Crippen LogP contribution is -2.53. The van der Waals surface area contributed by atoms with Crippen LogP contribution in [0.25, 0.3) is 0 Å². The number of ether oxygens (including phenoxy) is 7. The van der Waals surface area contributed by atoms with E-state index in [1.54, 1.807) is 0 Å². The maximum Gasteiger partial charge on any atom is 0.410 e. The highest BCUT2D eigenvalue weighted by Gasteiger charge is 2.39. The highest BCUT2D eigenvalue weighted by atomic mass is 16.6. The van der Waals surface area contributed by atoms with Crippen LogP contribution in [0.4, 0.5) is 9.59 Å². The van der Waals surface area contributed by atoms with Crippen molar-refractivity contribution >= 4 is 18.2 Å². The Balaban J connectivity index is 0.000000276. The van der Waals surface area contributed by atoms with Gasteiger partial charge < -0.3 is 43.0 Å². The predicted octanol–water partition coefficient (Wildman–Crippen LogP) is 11.3. The van der Waals surface area contributed by atoms with Crippen molar-refractivity contribution in [2.75, 3.05) is 33.5 Å². The number of carbonyl (C=O) groups is 3. The molecule has 2 unspecified atom stereocenters. The third-order valence-corrected chi connectivity index (χ3v) is 14.7. The van der Waals surface area contributed by atoms with Crippen molar-refractivity contribution in [1.82, 2.24) is 20.0 Å². The van der Waals surface area contributed by atoms with Gasteiger partial charge in [-0.2, -0.15) is 0 Å². The Morgan fingerprint density at radius 1 is 0.521 bits per heavy atom. The first-order valence-corrected chi connectivity index (χ1v) is 27.7. The molecule has 2 amide bonds. The number of carbonyl (C=O) groups excluding carboxylic acids is 3. The molecular weight excluding hydrogens is 925 g/mol. The zero-order valence-corrected chi connectivity index (χ0v) is 47.2. The number of methoxy groups -OCH3 is 1. The number of rotatable bonds is 18. The molecule has 2 aliphatic heterocycles. The molecule has 412 valence electrons. The normalized spacial score (nSPS) is 27.2. The molecule has 6 atom stereocenters. The largest absolute Gasteiger partial charge is 0.468 e. The zero-order chi connectivity index (χ0) is 53.3. The molecule has 0 bridgehead atoms. The van der Waals surface area contributed by atoms with Crippen LogP contribution in [0.3, 0.4) is 0 Å². The molecule has 14 heteroatoms. The van der Waals surface area contributed by atoms with Gasteiger partial charge in [-0.25, -0.2) is 9.59 Å². The van der Waals surface area contributed by atoms with Gasteiger partial charge in [0.05, 0.1) is 58.0 Å². The van der Waals surface area contributed by atoms with Crippen molar-refractivity contribution in [3.63, 3.8) is 0 Å². The second-order valence-electron chi connectivity index (χ2n) is 23.9. The minimum atomic E-state index is -0.672. The molecule has 0 aromatic heterocycles. The van der Waals surface area contributed by atoms with E-state index in [2.05, 4.69) is 98.6 Å². The molecule has 2 aromatic rings. The summed E-state index contributed by atoms with van der Waals surface area (Å²) in [6, 6.07) is 22.8. The Kier molecular flexibility index (Phi) is 23.4. The minimum absolute atomic E-state index is 0.0755. The molecule has 2 heterocycles. The molecule has 73 heavy (non-hydrogen) atoms. The fourth-order valence-corrected chi connectivity index (χ4v) is 11.2. The van der Waals surface area contributed by atoms with Gasteiger partial charge in [0.25, 0.3) is 0 Å². The number of piperidine rings is 2. The first kappa shape index (κ1) is 60.1. The number of nitrogens with zero attached hydrogens (tertiary/aromatic N) is 3. The molecule has 4 fully saturated rings. The van der Waals surface area contributed by atoms with Crippen LogP contribution in [0, 0.1) is 0 Å². The van der Waals surface area contributed by atoms with Crippen molar-refractivity contribution < 1.29 is 47.5 Å². The van der Waals surface area contributed by atoms with Crippen LogP contribution in [0.2, 0.25) is 0 Å². The standard InChI is InChI=1S/C34H50N2O4.C25H46N2O6/c1-26-22-32(23-27(2)36(26)33(37)40-34(3,4)5)39-21-20-38-31-18-16-30(17-19-31)35(24-28-12-8-6-9-13-28)25-29-14-10-7-11-15-29;1-17-15-21(16-18(2)27(17)23(29)33-24(3,4)5)32-14-13-31-20-11-9-19(10-12-20)26-25(6,7)22(28)30-8/h6-15,26-27,30-32H,16-25H2,1-5H3;17-21,26H,9-16H2,1-8H3/t26-,27+,30-,31-,32?;17-,18+,19-,20-,21?. The van der Waals surface area contributed by atoms with E-state index < -0.39 is 16.7 Å². The summed E-state index contributed by atoms with van der Waals surface area (Å²) in [6.45, 7) is 27.7. The lowest BCUT2D eigenvalue weighted by Gasteiger charge is -2.42. The van der Waals surface area contributed by atoms with Crippen LogP contribution in [0.1, 0.15) is 171 Å². The summed E-state index contributed by atoms with van der Waals surface area (Å²) >= 11 is 0. The lowest BCUT2D eigenvalue weighted by molar-refractivity contribution is -0.147. The molecule has 2 saturated heterocycles. The van der Waals surface area contributed by atoms with Crippen LogP contribution >= 0.6 is 0 Å². The van der Waals surface area contributed by atoms with E-state index in [9.17, 15) is 14.4 Å². The average Bonchev–Trinajstić information content (AvgIpc) is 3.31. The van der Waals surface area contributed by atoms with Gasteiger partial charge in [0.1, 0.15) is 16.7 Å². The molecule has 2 aliphatic carbocycles. The smallest absolute Gasteiger partial charge is 0.410 e. The van der Waals surface area contributed by atoms with Crippen molar-refractivity contribution in [3.05, 3.63) is 71.8 Å². The molecule has 2 saturated carbocycles. The summed E-state index contributed by atoms with van der Waals surface area (Å²) in [5, 5.41) is 3.42. The fraction of sp³-hybridized carbons (Fsp3) is 0.746. The highest BCUT2D eigenvalue weighted by molar-refractivity contribution is 5.79. The van der Waals surface area contributed by atoms with E-state index in [1.807, 2.05) is 65.2 Å². The first-order chi connectivity index (χ1) is 34.5. The summed E-state index contributed by atoms with van der Waals surface area (Å²) in [6.07, 6.45) is 12.0. The van der Waals surface area contributed by atoms with E-state index in [-0.39, 0.29) is 60.6 Å². The molecule has 4 aliphatic rings. The average molecular weight is 1020 g/mol. The van der Waals surface area contributed by atoms with Crippen molar-refractivity contribution in [2.24, 2.45) is 0 Å². The lowest BCUT2D eigenvalue weighted by atomic mass is 9.90. The number of nitrogens with one attached hydrogen (secondary N) is 1. The molecular formula is C59H96N4O10. The number of likely N-dealkylation sites (tertiary alicyclic amines) is 2. The minimum Gasteiger partial charge on any atom is -0.468 e. The Hall–Kier alpha value is -3.79. The zero-order valence-electron chi connectivity index (χ0n) is 47.2. The van der Waals surface area contributed by atoms with Gasteiger partial charge in [0.2, 0.25) is 0 Å². The van der Waals surface area contributed by atoms with Gasteiger partial charge in [-0.1, -0.05) is 60.7 Å². The van der Waals surface area contributed by atoms with Crippen LogP contribution in [-0.2, 0) is 51.0 Å². The number of hydrogen-bond donors (Lipinski definition) is 1. The van der Waals surface area contributed by atoms with E-state index in [4.69, 9.17) is 33.2 Å². The van der Waals surface area contributed by atoms with Gasteiger partial charge in [-0.05, 0) is 171 Å². The van der Waals surface area contributed by atoms with Crippen LogP contribution in [0.15, 0.2) is 60.7 Å². The quantitative estimate of drug-likeness (QED) is 0.0864. The van der Waals surface area contributed by atoms with Crippen LogP contribution in [-0.4, -0.2) is 144 Å². The summed E-state index contributed by atoms with van der Waals surface area (Å²) in [7, 11) is 1.42. The number of benzene rings is 2. The number of amides is 2. The summed E-state index contributed by atoms with van der Waals surface area (Å²) < 4.78 is 40.7. The maximum atomic E-state index is 12.7. The van der Waals surface area contributed by atoms with Gasteiger partial charge in [0.15, 0.2) is 0 Å². The first-order valence-electron chi connectivity index (χ1n) is 27.7. The van der Waals surface area contributed by atoms with Crippen molar-refractivity contribution in [1.29, 1.82) is 0 Å². The topological polar surface area (TPSA) is 138 Å². The van der Waals surface area contributed by atoms with Gasteiger partial charge in [-0.15, -0.1) is 0 Å². The molecule has 6 rings (SSSR count). The van der Waals surface area contributed by atoms with E-state index in [1.165, 1.54) is 18.2 Å². The van der Waals surface area contributed by atoms with Crippen LogP contribution < -0.4 is 5.32 Å². The van der Waals surface area contributed by atoms with Gasteiger partial charge in [0, 0.05) is 49.3 Å². The molecule has 1 N–H and O–H groups in total. The second-order valence-corrected chi connectivity index (χ2v) is 23.9. The summed E-state index contributed by atoms with van der Waals surface area (Å²) in [4.78, 5) is 43.4. The van der Waals surface area contributed by atoms with E-state index in [0.717, 1.165) is 90.1 Å². The maximum absolute atomic E-state index is 12.7. The van der Waals surface area contributed by atoms with E-state index >= 15 is 0 Å². The van der Waals surface area contributed by atoms with Gasteiger partial charge in [-0.3, -0.25) is 15.0 Å². The Labute approximate surface area is 440 Å². The molecule has 0 radical (unpaired) electrons. The number of hydrogen-bond acceptors (Lipinski definition) is 12. The predicted molar refractivity (Wildman–Crippen MR) is 287 cm³/mol. The third kappa shape index (κ3) is 20.4. The highest BCUT2D eigenvalue weighted by Crippen LogP contribution is 2.31. The summed E-state index contributed by atoms with van der Waals surface area (Å²) in [5.74, 6) is -0.237. The van der Waals surface area contributed by atoms with Crippen molar-refractivity contribution in [3.8, 4) is 0 Å². The Morgan fingerprint density at radius 3 is 1.21 bits per heavy atom. The van der Waals surface area contributed by atoms with Crippen molar-refractivity contribution in [2.45, 2.75) is 251 Å². The molecule has 14 nitrogen and oxygen atoms in total.